The molecule has 0 spiro atoms. The number of methoxy groups -OCH3 is 1. The van der Waals surface area contributed by atoms with E-state index in [1.54, 1.807) is 7.11 Å². The van der Waals surface area contributed by atoms with Crippen LogP contribution in [0.3, 0.4) is 0 Å². The summed E-state index contributed by atoms with van der Waals surface area (Å²) in [6.07, 6.45) is 0.783. The van der Waals surface area contributed by atoms with E-state index in [0.29, 0.717) is 19.7 Å². The molecule has 1 heterocycles. The summed E-state index contributed by atoms with van der Waals surface area (Å²) in [6, 6.07) is 0. The van der Waals surface area contributed by atoms with Crippen LogP contribution in [0.25, 0.3) is 0 Å². The summed E-state index contributed by atoms with van der Waals surface area (Å²) in [5.74, 6) is 0.102. The highest BCUT2D eigenvalue weighted by Gasteiger charge is 2.58. The van der Waals surface area contributed by atoms with Gasteiger partial charge in [0.25, 0.3) is 0 Å². The van der Waals surface area contributed by atoms with Crippen molar-refractivity contribution in [1.82, 2.24) is 10.2 Å². The maximum Gasteiger partial charge on any atom is 0.233 e. The molecule has 1 aliphatic carbocycles. The van der Waals surface area contributed by atoms with E-state index in [9.17, 15) is 9.59 Å². The van der Waals surface area contributed by atoms with Crippen LogP contribution >= 0.6 is 0 Å². The first-order valence-electron chi connectivity index (χ1n) is 5.30. The first-order valence-corrected chi connectivity index (χ1v) is 5.30. The standard InChI is InChI=1S/C10H16N2O3/c1-15-5-3-11-2-4-12-9(13)7-6-8(7)10(12)14/h7-8,11H,2-6H2,1H3. The average Bonchev–Trinajstić information content (AvgIpc) is 2.97. The Bertz CT molecular complexity index is 260. The molecule has 2 atom stereocenters. The molecule has 2 amide bonds. The molecule has 1 saturated carbocycles. The molecule has 1 aliphatic heterocycles. The van der Waals surface area contributed by atoms with Crippen LogP contribution in [0.4, 0.5) is 0 Å². The van der Waals surface area contributed by atoms with Crippen LogP contribution in [0.5, 0.6) is 0 Å². The molecule has 15 heavy (non-hydrogen) atoms. The zero-order valence-corrected chi connectivity index (χ0v) is 8.86. The second-order valence-corrected chi connectivity index (χ2v) is 4.02. The number of fused-ring (bicyclic) bond motifs is 1. The Hall–Kier alpha value is -0.940. The molecular formula is C10H16N2O3. The Morgan fingerprint density at radius 3 is 2.60 bits per heavy atom. The molecule has 2 fully saturated rings. The number of nitrogens with one attached hydrogen (secondary N) is 1. The second-order valence-electron chi connectivity index (χ2n) is 4.02. The van der Waals surface area contributed by atoms with Crippen molar-refractivity contribution < 1.29 is 14.3 Å². The van der Waals surface area contributed by atoms with Crippen LogP contribution in [0.15, 0.2) is 0 Å². The Kier molecular flexibility index (Phi) is 3.02. The molecule has 0 aromatic carbocycles. The summed E-state index contributed by atoms with van der Waals surface area (Å²) in [4.78, 5) is 24.4. The third kappa shape index (κ3) is 2.03. The van der Waals surface area contributed by atoms with Gasteiger partial charge in [0.05, 0.1) is 18.4 Å². The number of likely N-dealkylation sites (tertiary alicyclic amines) is 1. The highest BCUT2D eigenvalue weighted by atomic mass is 16.5. The van der Waals surface area contributed by atoms with E-state index in [1.165, 1.54) is 4.90 Å². The lowest BCUT2D eigenvalue weighted by Crippen LogP contribution is -2.38. The predicted octanol–water partition coefficient (Wildman–Crippen LogP) is -0.773. The van der Waals surface area contributed by atoms with E-state index in [2.05, 4.69) is 5.32 Å². The lowest BCUT2D eigenvalue weighted by molar-refractivity contribution is -0.141. The van der Waals surface area contributed by atoms with Crippen LogP contribution in [0.2, 0.25) is 0 Å². The number of hydrogen-bond donors (Lipinski definition) is 1. The van der Waals surface area contributed by atoms with Crippen LogP contribution in [0, 0.1) is 11.8 Å². The Morgan fingerprint density at radius 1 is 1.33 bits per heavy atom. The topological polar surface area (TPSA) is 58.6 Å². The highest BCUT2D eigenvalue weighted by molar-refractivity contribution is 6.08. The van der Waals surface area contributed by atoms with Crippen LogP contribution in [-0.4, -0.2) is 50.1 Å². The minimum Gasteiger partial charge on any atom is -0.383 e. The number of imide groups is 1. The summed E-state index contributed by atoms with van der Waals surface area (Å²) in [6.45, 7) is 2.54. The fourth-order valence-electron chi connectivity index (χ4n) is 1.96. The van der Waals surface area contributed by atoms with Gasteiger partial charge in [-0.25, -0.2) is 0 Å². The quantitative estimate of drug-likeness (QED) is 0.464. The Labute approximate surface area is 88.8 Å². The largest absolute Gasteiger partial charge is 0.383 e. The first kappa shape index (κ1) is 10.6. The zero-order chi connectivity index (χ0) is 10.8. The smallest absolute Gasteiger partial charge is 0.233 e. The van der Waals surface area contributed by atoms with Crippen molar-refractivity contribution >= 4 is 11.8 Å². The van der Waals surface area contributed by atoms with E-state index in [1.807, 2.05) is 0 Å². The molecule has 2 unspecified atom stereocenters. The molecule has 0 bridgehead atoms. The minimum atomic E-state index is 0.0245. The van der Waals surface area contributed by atoms with Gasteiger partial charge in [-0.3, -0.25) is 14.5 Å². The van der Waals surface area contributed by atoms with E-state index in [0.717, 1.165) is 13.0 Å². The van der Waals surface area contributed by atoms with Gasteiger partial charge in [0, 0.05) is 26.7 Å². The number of nitrogens with zero attached hydrogens (tertiary/aromatic N) is 1. The van der Waals surface area contributed by atoms with Gasteiger partial charge in [-0.1, -0.05) is 0 Å². The van der Waals surface area contributed by atoms with Crippen LogP contribution in [0.1, 0.15) is 6.42 Å². The molecule has 1 saturated heterocycles. The summed E-state index contributed by atoms with van der Waals surface area (Å²) >= 11 is 0. The monoisotopic (exact) mass is 212 g/mol. The Morgan fingerprint density at radius 2 is 2.00 bits per heavy atom. The number of carbonyl (C=O) groups excluding carboxylic acids is 2. The van der Waals surface area contributed by atoms with Crippen molar-refractivity contribution in [1.29, 1.82) is 0 Å². The summed E-state index contributed by atoms with van der Waals surface area (Å²) < 4.78 is 4.87. The van der Waals surface area contributed by atoms with Gasteiger partial charge in [0.1, 0.15) is 0 Å². The van der Waals surface area contributed by atoms with Crippen molar-refractivity contribution in [3.63, 3.8) is 0 Å². The molecule has 0 aromatic rings. The number of piperidine rings is 1. The molecule has 1 N–H and O–H groups in total. The van der Waals surface area contributed by atoms with Crippen molar-refractivity contribution in [2.75, 3.05) is 33.4 Å². The minimum absolute atomic E-state index is 0.0245. The average molecular weight is 212 g/mol. The number of amides is 2. The van der Waals surface area contributed by atoms with Crippen molar-refractivity contribution in [3.05, 3.63) is 0 Å². The SMILES string of the molecule is COCCNCCN1C(=O)C2CC2C1=O. The first-order chi connectivity index (χ1) is 7.25. The molecule has 2 rings (SSSR count). The van der Waals surface area contributed by atoms with Crippen molar-refractivity contribution in [3.8, 4) is 0 Å². The van der Waals surface area contributed by atoms with Crippen molar-refractivity contribution in [2.24, 2.45) is 11.8 Å². The fraction of sp³-hybridized carbons (Fsp3) is 0.800. The molecule has 5 heteroatoms. The van der Waals surface area contributed by atoms with Gasteiger partial charge in [-0.2, -0.15) is 0 Å². The molecule has 0 aromatic heterocycles. The van der Waals surface area contributed by atoms with Crippen LogP contribution < -0.4 is 5.32 Å². The molecule has 84 valence electrons. The molecule has 5 nitrogen and oxygen atoms in total. The van der Waals surface area contributed by atoms with Gasteiger partial charge in [0.15, 0.2) is 0 Å². The normalized spacial score (nSPS) is 28.5. The maximum absolute atomic E-state index is 11.5. The number of carbonyl (C=O) groups is 2. The lowest BCUT2D eigenvalue weighted by Gasteiger charge is -2.16. The van der Waals surface area contributed by atoms with E-state index in [-0.39, 0.29) is 23.7 Å². The number of rotatable bonds is 6. The maximum atomic E-state index is 11.5. The summed E-state index contributed by atoms with van der Waals surface area (Å²) in [5, 5.41) is 3.11. The van der Waals surface area contributed by atoms with Gasteiger partial charge in [-0.15, -0.1) is 0 Å². The number of ether oxygens (including phenoxy) is 1. The molecule has 2 aliphatic rings. The van der Waals surface area contributed by atoms with Gasteiger partial charge in [0.2, 0.25) is 11.8 Å². The van der Waals surface area contributed by atoms with Crippen LogP contribution in [-0.2, 0) is 14.3 Å². The summed E-state index contributed by atoms with van der Waals surface area (Å²) in [7, 11) is 1.64. The fourth-order valence-corrected chi connectivity index (χ4v) is 1.96. The van der Waals surface area contributed by atoms with Gasteiger partial charge < -0.3 is 10.1 Å². The van der Waals surface area contributed by atoms with Gasteiger partial charge in [-0.05, 0) is 6.42 Å². The highest BCUT2D eigenvalue weighted by Crippen LogP contribution is 2.46. The van der Waals surface area contributed by atoms with Gasteiger partial charge >= 0.3 is 0 Å². The van der Waals surface area contributed by atoms with Crippen molar-refractivity contribution in [2.45, 2.75) is 6.42 Å². The molecular weight excluding hydrogens is 196 g/mol. The van der Waals surface area contributed by atoms with E-state index >= 15 is 0 Å². The molecule has 0 radical (unpaired) electrons. The summed E-state index contributed by atoms with van der Waals surface area (Å²) in [5.41, 5.74) is 0. The zero-order valence-electron chi connectivity index (χ0n) is 8.86. The Balaban J connectivity index is 1.67. The van der Waals surface area contributed by atoms with E-state index in [4.69, 9.17) is 4.74 Å². The predicted molar refractivity (Wildman–Crippen MR) is 53.1 cm³/mol. The third-order valence-corrected chi connectivity index (χ3v) is 2.95. The second kappa shape index (κ2) is 4.28. The lowest BCUT2D eigenvalue weighted by atomic mass is 10.4. The van der Waals surface area contributed by atoms with E-state index < -0.39 is 0 Å². The number of hydrogen-bond acceptors (Lipinski definition) is 4. The third-order valence-electron chi connectivity index (χ3n) is 2.95.